The molecule has 0 aliphatic carbocycles. The van der Waals surface area contributed by atoms with Gasteiger partial charge < -0.3 is 10.2 Å². The summed E-state index contributed by atoms with van der Waals surface area (Å²) < 4.78 is 0. The maximum absolute atomic E-state index is 4.81. The third-order valence-corrected chi connectivity index (χ3v) is 5.16. The van der Waals surface area contributed by atoms with Gasteiger partial charge in [0, 0.05) is 25.0 Å². The van der Waals surface area contributed by atoms with E-state index in [1.165, 1.54) is 38.6 Å². The molecule has 0 spiro atoms. The van der Waals surface area contributed by atoms with Gasteiger partial charge >= 0.3 is 0 Å². The molecular weight excluding hydrogens is 262 g/mol. The van der Waals surface area contributed by atoms with Crippen LogP contribution in [-0.2, 0) is 0 Å². The summed E-state index contributed by atoms with van der Waals surface area (Å²) in [6.07, 6.45) is 7.53. The van der Waals surface area contributed by atoms with Crippen molar-refractivity contribution < 1.29 is 0 Å². The van der Waals surface area contributed by atoms with Crippen molar-refractivity contribution in [2.75, 3.05) is 24.5 Å². The molecule has 0 amide bonds. The molecule has 3 unspecified atom stereocenters. The normalized spacial score (nSPS) is 26.9. The molecule has 5 nitrogen and oxygen atoms in total. The zero-order valence-corrected chi connectivity index (χ0v) is 13.4. The highest BCUT2D eigenvalue weighted by Gasteiger charge is 2.35. The van der Waals surface area contributed by atoms with Crippen molar-refractivity contribution in [3.63, 3.8) is 0 Å². The summed E-state index contributed by atoms with van der Waals surface area (Å²) in [5.41, 5.74) is 0. The first kappa shape index (κ1) is 14.8. The number of rotatable bonds is 6. The SMILES string of the molecule is CCCCC(CC)c1nc(N2CC3CCCNC3C2)n[nH]1. The zero-order valence-electron chi connectivity index (χ0n) is 13.4. The molecule has 1 aromatic rings. The molecule has 3 heterocycles. The number of aromatic amines is 1. The van der Waals surface area contributed by atoms with Gasteiger partial charge in [-0.3, -0.25) is 5.10 Å². The highest BCUT2D eigenvalue weighted by molar-refractivity contribution is 5.33. The predicted molar refractivity (Wildman–Crippen MR) is 85.7 cm³/mol. The first-order chi connectivity index (χ1) is 10.3. The summed E-state index contributed by atoms with van der Waals surface area (Å²) in [4.78, 5) is 7.17. The van der Waals surface area contributed by atoms with Gasteiger partial charge in [-0.1, -0.05) is 26.7 Å². The molecule has 0 saturated carbocycles. The number of piperidine rings is 1. The molecule has 0 bridgehead atoms. The molecule has 2 aliphatic rings. The molecule has 2 N–H and O–H groups in total. The summed E-state index contributed by atoms with van der Waals surface area (Å²) in [7, 11) is 0. The third-order valence-electron chi connectivity index (χ3n) is 5.16. The Morgan fingerprint density at radius 1 is 1.33 bits per heavy atom. The molecule has 0 aromatic carbocycles. The lowest BCUT2D eigenvalue weighted by Gasteiger charge is -2.24. The average Bonchev–Trinajstić information content (AvgIpc) is 3.14. The van der Waals surface area contributed by atoms with Crippen LogP contribution in [0.4, 0.5) is 5.95 Å². The van der Waals surface area contributed by atoms with E-state index in [0.717, 1.165) is 37.2 Å². The highest BCUT2D eigenvalue weighted by atomic mass is 15.4. The maximum atomic E-state index is 4.81. The summed E-state index contributed by atoms with van der Waals surface area (Å²) in [6.45, 7) is 7.84. The number of anilines is 1. The van der Waals surface area contributed by atoms with Crippen molar-refractivity contribution in [2.45, 2.75) is 64.3 Å². The van der Waals surface area contributed by atoms with Crippen LogP contribution in [0.1, 0.15) is 64.1 Å². The van der Waals surface area contributed by atoms with Crippen LogP contribution in [-0.4, -0.2) is 40.9 Å². The third kappa shape index (κ3) is 3.23. The van der Waals surface area contributed by atoms with E-state index in [-0.39, 0.29) is 0 Å². The smallest absolute Gasteiger partial charge is 0.244 e. The summed E-state index contributed by atoms with van der Waals surface area (Å²) in [5, 5.41) is 11.3. The van der Waals surface area contributed by atoms with Crippen LogP contribution >= 0.6 is 0 Å². The van der Waals surface area contributed by atoms with E-state index >= 15 is 0 Å². The monoisotopic (exact) mass is 291 g/mol. The number of nitrogens with one attached hydrogen (secondary N) is 2. The van der Waals surface area contributed by atoms with Crippen LogP contribution in [0.25, 0.3) is 0 Å². The second-order valence-corrected chi connectivity index (χ2v) is 6.64. The van der Waals surface area contributed by atoms with Gasteiger partial charge in [-0.2, -0.15) is 4.98 Å². The lowest BCUT2D eigenvalue weighted by atomic mass is 9.94. The average molecular weight is 291 g/mol. The fraction of sp³-hybridized carbons (Fsp3) is 0.875. The minimum Gasteiger partial charge on any atom is -0.338 e. The van der Waals surface area contributed by atoms with Crippen molar-refractivity contribution in [2.24, 2.45) is 5.92 Å². The van der Waals surface area contributed by atoms with Crippen molar-refractivity contribution >= 4 is 5.95 Å². The van der Waals surface area contributed by atoms with Crippen LogP contribution in [0.5, 0.6) is 0 Å². The first-order valence-electron chi connectivity index (χ1n) is 8.72. The van der Waals surface area contributed by atoms with Gasteiger partial charge in [-0.15, -0.1) is 5.10 Å². The van der Waals surface area contributed by atoms with Crippen molar-refractivity contribution in [3.8, 4) is 0 Å². The fourth-order valence-electron chi connectivity index (χ4n) is 3.78. The van der Waals surface area contributed by atoms with Gasteiger partial charge in [0.2, 0.25) is 5.95 Å². The Kier molecular flexibility index (Phi) is 4.78. The van der Waals surface area contributed by atoms with Gasteiger partial charge in [0.05, 0.1) is 0 Å². The van der Waals surface area contributed by atoms with Crippen molar-refractivity contribution in [3.05, 3.63) is 5.82 Å². The van der Waals surface area contributed by atoms with E-state index in [0.29, 0.717) is 12.0 Å². The second-order valence-electron chi connectivity index (χ2n) is 6.64. The number of fused-ring (bicyclic) bond motifs is 1. The number of nitrogens with zero attached hydrogens (tertiary/aromatic N) is 3. The Hall–Kier alpha value is -1.10. The van der Waals surface area contributed by atoms with Crippen LogP contribution in [0.2, 0.25) is 0 Å². The summed E-state index contributed by atoms with van der Waals surface area (Å²) in [6, 6.07) is 0.641. The van der Waals surface area contributed by atoms with E-state index in [2.05, 4.69) is 34.3 Å². The minimum absolute atomic E-state index is 0.536. The lowest BCUT2D eigenvalue weighted by Crippen LogP contribution is -2.40. The lowest BCUT2D eigenvalue weighted by molar-refractivity contribution is 0.340. The van der Waals surface area contributed by atoms with E-state index < -0.39 is 0 Å². The van der Waals surface area contributed by atoms with Crippen molar-refractivity contribution in [1.82, 2.24) is 20.5 Å². The molecular formula is C16H29N5. The summed E-state index contributed by atoms with van der Waals surface area (Å²) in [5.74, 6) is 3.32. The number of unbranched alkanes of at least 4 members (excludes halogenated alkanes) is 1. The topological polar surface area (TPSA) is 56.8 Å². The van der Waals surface area contributed by atoms with Crippen LogP contribution < -0.4 is 10.2 Å². The molecule has 5 heteroatoms. The molecule has 21 heavy (non-hydrogen) atoms. The number of hydrogen-bond donors (Lipinski definition) is 2. The fourth-order valence-corrected chi connectivity index (χ4v) is 3.78. The molecule has 2 fully saturated rings. The van der Waals surface area contributed by atoms with Crippen molar-refractivity contribution in [1.29, 1.82) is 0 Å². The first-order valence-corrected chi connectivity index (χ1v) is 8.72. The Morgan fingerprint density at radius 2 is 2.24 bits per heavy atom. The molecule has 3 atom stereocenters. The van der Waals surface area contributed by atoms with Crippen LogP contribution in [0.3, 0.4) is 0 Å². The van der Waals surface area contributed by atoms with E-state index in [1.54, 1.807) is 0 Å². The van der Waals surface area contributed by atoms with Crippen LogP contribution in [0, 0.1) is 5.92 Å². The molecule has 1 aromatic heterocycles. The summed E-state index contributed by atoms with van der Waals surface area (Å²) >= 11 is 0. The van der Waals surface area contributed by atoms with Gasteiger partial charge in [0.25, 0.3) is 0 Å². The maximum Gasteiger partial charge on any atom is 0.244 e. The molecule has 2 saturated heterocycles. The second kappa shape index (κ2) is 6.77. The Morgan fingerprint density at radius 3 is 3.00 bits per heavy atom. The molecule has 118 valence electrons. The Balaban J connectivity index is 1.64. The van der Waals surface area contributed by atoms with Gasteiger partial charge in [0.1, 0.15) is 5.82 Å². The van der Waals surface area contributed by atoms with Gasteiger partial charge in [-0.25, -0.2) is 0 Å². The van der Waals surface area contributed by atoms with E-state index in [9.17, 15) is 0 Å². The van der Waals surface area contributed by atoms with Gasteiger partial charge in [-0.05, 0) is 38.1 Å². The van der Waals surface area contributed by atoms with Gasteiger partial charge in [0.15, 0.2) is 0 Å². The number of aromatic nitrogens is 3. The van der Waals surface area contributed by atoms with Crippen LogP contribution in [0.15, 0.2) is 0 Å². The standard InChI is InChI=1S/C16H29N5/c1-3-5-7-12(4-2)15-18-16(20-19-15)21-10-13-8-6-9-17-14(13)11-21/h12-14,17H,3-11H2,1-2H3,(H,18,19,20). The zero-order chi connectivity index (χ0) is 14.7. The largest absolute Gasteiger partial charge is 0.338 e. The number of hydrogen-bond acceptors (Lipinski definition) is 4. The number of H-pyrrole nitrogens is 1. The minimum atomic E-state index is 0.536. The molecule has 2 aliphatic heterocycles. The molecule has 0 radical (unpaired) electrons. The van der Waals surface area contributed by atoms with E-state index in [4.69, 9.17) is 4.98 Å². The molecule has 3 rings (SSSR count). The Labute approximate surface area is 127 Å². The van der Waals surface area contributed by atoms with E-state index in [1.807, 2.05) is 0 Å². The highest BCUT2D eigenvalue weighted by Crippen LogP contribution is 2.29. The quantitative estimate of drug-likeness (QED) is 0.846. The Bertz CT molecular complexity index is 430. The predicted octanol–water partition coefficient (Wildman–Crippen LogP) is 2.68.